The molecule has 0 bridgehead atoms. The molecule has 5 rings (SSSR count). The fraction of sp³-hybridized carbons (Fsp3) is 0.231. The van der Waals surface area contributed by atoms with E-state index in [4.69, 9.17) is 26.8 Å². The Labute approximate surface area is 207 Å². The SMILES string of the molecule is NC(=O)c1nc(Nc2ccc(OCc3ccccn3)c(Cl)c2)c2ccc(OC3CCCC3)cc2n1. The van der Waals surface area contributed by atoms with Crippen molar-refractivity contribution in [3.05, 3.63) is 77.3 Å². The maximum absolute atomic E-state index is 11.9. The van der Waals surface area contributed by atoms with Crippen LogP contribution in [0.25, 0.3) is 10.9 Å². The van der Waals surface area contributed by atoms with Crippen LogP contribution in [-0.4, -0.2) is 27.0 Å². The average Bonchev–Trinajstić information content (AvgIpc) is 3.37. The van der Waals surface area contributed by atoms with E-state index < -0.39 is 5.91 Å². The number of nitrogens with zero attached hydrogens (tertiary/aromatic N) is 3. The van der Waals surface area contributed by atoms with Crippen LogP contribution in [0.4, 0.5) is 11.5 Å². The van der Waals surface area contributed by atoms with E-state index in [1.165, 1.54) is 12.8 Å². The predicted octanol–water partition coefficient (Wildman–Crippen LogP) is 5.42. The highest BCUT2D eigenvalue weighted by molar-refractivity contribution is 6.32. The molecule has 1 fully saturated rings. The molecule has 0 atom stereocenters. The van der Waals surface area contributed by atoms with Gasteiger partial charge in [0.15, 0.2) is 0 Å². The van der Waals surface area contributed by atoms with Crippen LogP contribution in [0.15, 0.2) is 60.8 Å². The molecule has 1 aliphatic carbocycles. The van der Waals surface area contributed by atoms with Crippen molar-refractivity contribution in [2.45, 2.75) is 38.4 Å². The van der Waals surface area contributed by atoms with Crippen molar-refractivity contribution in [2.24, 2.45) is 5.73 Å². The second kappa shape index (κ2) is 10.1. The first-order chi connectivity index (χ1) is 17.0. The summed E-state index contributed by atoms with van der Waals surface area (Å²) in [5, 5.41) is 4.37. The zero-order valence-electron chi connectivity index (χ0n) is 18.9. The molecule has 0 saturated heterocycles. The Balaban J connectivity index is 1.39. The number of carbonyl (C=O) groups is 1. The summed E-state index contributed by atoms with van der Waals surface area (Å²) in [7, 11) is 0. The highest BCUT2D eigenvalue weighted by Gasteiger charge is 2.18. The van der Waals surface area contributed by atoms with Crippen LogP contribution < -0.4 is 20.5 Å². The lowest BCUT2D eigenvalue weighted by Gasteiger charge is -2.15. The Kier molecular flexibility index (Phi) is 6.63. The van der Waals surface area contributed by atoms with Gasteiger partial charge in [0.25, 0.3) is 5.91 Å². The van der Waals surface area contributed by atoms with E-state index in [-0.39, 0.29) is 11.9 Å². The van der Waals surface area contributed by atoms with Gasteiger partial charge >= 0.3 is 0 Å². The van der Waals surface area contributed by atoms with Gasteiger partial charge in [0.05, 0.1) is 22.3 Å². The molecular formula is C26H24ClN5O3. The summed E-state index contributed by atoms with van der Waals surface area (Å²) in [5.41, 5.74) is 7.53. The number of halogens is 1. The molecule has 9 heteroatoms. The second-order valence-electron chi connectivity index (χ2n) is 8.34. The molecule has 8 nitrogen and oxygen atoms in total. The topological polar surface area (TPSA) is 112 Å². The molecule has 0 spiro atoms. The first kappa shape index (κ1) is 22.9. The van der Waals surface area contributed by atoms with Gasteiger partial charge in [0.2, 0.25) is 5.82 Å². The largest absolute Gasteiger partial charge is 0.490 e. The lowest BCUT2D eigenvalue weighted by molar-refractivity contribution is 0.0991. The van der Waals surface area contributed by atoms with Crippen molar-refractivity contribution in [1.82, 2.24) is 15.0 Å². The van der Waals surface area contributed by atoms with Gasteiger partial charge in [-0.1, -0.05) is 17.7 Å². The van der Waals surface area contributed by atoms with Gasteiger partial charge in [-0.05, 0) is 68.1 Å². The molecule has 0 unspecified atom stereocenters. The fourth-order valence-electron chi connectivity index (χ4n) is 4.05. The predicted molar refractivity (Wildman–Crippen MR) is 134 cm³/mol. The van der Waals surface area contributed by atoms with Crippen LogP contribution in [0, 0.1) is 0 Å². The summed E-state index contributed by atoms with van der Waals surface area (Å²) in [5.74, 6) is 0.881. The number of carbonyl (C=O) groups excluding carboxylic acids is 1. The van der Waals surface area contributed by atoms with E-state index in [0.717, 1.165) is 23.9 Å². The smallest absolute Gasteiger partial charge is 0.286 e. The Morgan fingerprint density at radius 1 is 1.09 bits per heavy atom. The molecule has 3 N–H and O–H groups in total. The van der Waals surface area contributed by atoms with Crippen LogP contribution >= 0.6 is 11.6 Å². The molecule has 1 saturated carbocycles. The maximum atomic E-state index is 11.9. The van der Waals surface area contributed by atoms with Gasteiger partial charge in [-0.25, -0.2) is 9.97 Å². The molecule has 2 aromatic carbocycles. The van der Waals surface area contributed by atoms with Crippen LogP contribution in [0.3, 0.4) is 0 Å². The number of anilines is 2. The van der Waals surface area contributed by atoms with Crippen LogP contribution in [0.1, 0.15) is 42.0 Å². The number of amides is 1. The molecular weight excluding hydrogens is 466 g/mol. The molecule has 0 aliphatic heterocycles. The summed E-state index contributed by atoms with van der Waals surface area (Å²) >= 11 is 6.45. The third-order valence-corrected chi connectivity index (χ3v) is 6.09. The highest BCUT2D eigenvalue weighted by Crippen LogP contribution is 2.33. The van der Waals surface area contributed by atoms with E-state index >= 15 is 0 Å². The Morgan fingerprint density at radius 2 is 1.94 bits per heavy atom. The quantitative estimate of drug-likeness (QED) is 0.339. The number of hydrogen-bond donors (Lipinski definition) is 2. The zero-order chi connectivity index (χ0) is 24.2. The number of hydrogen-bond acceptors (Lipinski definition) is 7. The van der Waals surface area contributed by atoms with Crippen molar-refractivity contribution in [3.8, 4) is 11.5 Å². The molecule has 1 amide bonds. The summed E-state index contributed by atoms with van der Waals surface area (Å²) in [4.78, 5) is 24.8. The summed E-state index contributed by atoms with van der Waals surface area (Å²) < 4.78 is 11.9. The lowest BCUT2D eigenvalue weighted by atomic mass is 10.2. The van der Waals surface area contributed by atoms with E-state index in [2.05, 4.69) is 20.3 Å². The zero-order valence-corrected chi connectivity index (χ0v) is 19.7. The Morgan fingerprint density at radius 3 is 2.69 bits per heavy atom. The molecule has 0 radical (unpaired) electrons. The van der Waals surface area contributed by atoms with Gasteiger partial charge in [-0.15, -0.1) is 0 Å². The number of pyridine rings is 1. The molecule has 2 heterocycles. The normalized spacial score (nSPS) is 13.6. The van der Waals surface area contributed by atoms with Crippen molar-refractivity contribution >= 4 is 39.9 Å². The number of aromatic nitrogens is 3. The number of ether oxygens (including phenoxy) is 2. The first-order valence-electron chi connectivity index (χ1n) is 11.4. The molecule has 178 valence electrons. The van der Waals surface area contributed by atoms with Crippen molar-refractivity contribution in [1.29, 1.82) is 0 Å². The number of nitrogens with two attached hydrogens (primary N) is 1. The second-order valence-corrected chi connectivity index (χ2v) is 8.75. The molecule has 2 aromatic heterocycles. The van der Waals surface area contributed by atoms with E-state index in [9.17, 15) is 4.79 Å². The van der Waals surface area contributed by atoms with E-state index in [0.29, 0.717) is 40.2 Å². The summed E-state index contributed by atoms with van der Waals surface area (Å²) in [6.45, 7) is 0.303. The molecule has 1 aliphatic rings. The number of benzene rings is 2. The lowest BCUT2D eigenvalue weighted by Crippen LogP contribution is -2.16. The molecule has 4 aromatic rings. The summed E-state index contributed by atoms with van der Waals surface area (Å²) in [6, 6.07) is 16.5. The highest BCUT2D eigenvalue weighted by atomic mass is 35.5. The number of fused-ring (bicyclic) bond motifs is 1. The minimum Gasteiger partial charge on any atom is -0.490 e. The van der Waals surface area contributed by atoms with Crippen molar-refractivity contribution in [2.75, 3.05) is 5.32 Å². The van der Waals surface area contributed by atoms with Crippen LogP contribution in [-0.2, 0) is 6.61 Å². The fourth-order valence-corrected chi connectivity index (χ4v) is 4.29. The van der Waals surface area contributed by atoms with Gasteiger partial charge < -0.3 is 20.5 Å². The Hall–Kier alpha value is -3.91. The maximum Gasteiger partial charge on any atom is 0.286 e. The number of nitrogens with one attached hydrogen (secondary N) is 1. The number of rotatable bonds is 8. The summed E-state index contributed by atoms with van der Waals surface area (Å²) in [6.07, 6.45) is 6.37. The number of primary amides is 1. The van der Waals surface area contributed by atoms with Gasteiger partial charge in [0.1, 0.15) is 23.9 Å². The van der Waals surface area contributed by atoms with E-state index in [1.54, 1.807) is 18.3 Å². The monoisotopic (exact) mass is 489 g/mol. The minimum absolute atomic E-state index is 0.0839. The standard InChI is InChI=1S/C26H24ClN5O3/c27-21-13-16(8-11-23(21)34-15-17-5-3-4-12-29-17)30-25-20-10-9-19(35-18-6-1-2-7-18)14-22(20)31-26(32-25)24(28)33/h3-5,8-14,18H,1-2,6-7,15H2,(H2,28,33)(H,30,31,32). The van der Waals surface area contributed by atoms with Gasteiger partial charge in [-0.3, -0.25) is 9.78 Å². The van der Waals surface area contributed by atoms with Gasteiger partial charge in [0, 0.05) is 23.3 Å². The van der Waals surface area contributed by atoms with Crippen molar-refractivity contribution < 1.29 is 14.3 Å². The Bertz CT molecular complexity index is 1360. The molecule has 35 heavy (non-hydrogen) atoms. The third kappa shape index (κ3) is 5.44. The van der Waals surface area contributed by atoms with Crippen LogP contribution in [0.5, 0.6) is 11.5 Å². The third-order valence-electron chi connectivity index (χ3n) is 5.79. The average molecular weight is 490 g/mol. The first-order valence-corrected chi connectivity index (χ1v) is 11.8. The van der Waals surface area contributed by atoms with E-state index in [1.807, 2.05) is 42.5 Å². The van der Waals surface area contributed by atoms with Gasteiger partial charge in [-0.2, -0.15) is 0 Å². The van der Waals surface area contributed by atoms with Crippen molar-refractivity contribution in [3.63, 3.8) is 0 Å². The minimum atomic E-state index is -0.714. The van der Waals surface area contributed by atoms with Crippen LogP contribution in [0.2, 0.25) is 5.02 Å².